The van der Waals surface area contributed by atoms with Crippen LogP contribution >= 0.6 is 0 Å². The fourth-order valence-electron chi connectivity index (χ4n) is 2.56. The molecule has 1 amide bonds. The van der Waals surface area contributed by atoms with Crippen molar-refractivity contribution in [2.24, 2.45) is 0 Å². The molecule has 0 saturated carbocycles. The van der Waals surface area contributed by atoms with Crippen molar-refractivity contribution in [2.45, 2.75) is 18.0 Å². The van der Waals surface area contributed by atoms with Crippen molar-refractivity contribution in [3.63, 3.8) is 0 Å². The van der Waals surface area contributed by atoms with Gasteiger partial charge in [-0.15, -0.1) is 0 Å². The number of halogens is 1. The number of carbonyl (C=O) groups is 1. The summed E-state index contributed by atoms with van der Waals surface area (Å²) in [5.74, 6) is -0.807. The number of sulfonamides is 1. The van der Waals surface area contributed by atoms with Gasteiger partial charge in [0.25, 0.3) is 5.91 Å². The Balaban J connectivity index is 1.62. The van der Waals surface area contributed by atoms with Gasteiger partial charge in [-0.05, 0) is 35.9 Å². The van der Waals surface area contributed by atoms with Crippen LogP contribution in [0.5, 0.6) is 0 Å². The zero-order valence-electron chi connectivity index (χ0n) is 14.9. The molecule has 0 atom stereocenters. The van der Waals surface area contributed by atoms with E-state index in [0.717, 1.165) is 5.56 Å². The lowest BCUT2D eigenvalue weighted by Crippen LogP contribution is -2.24. The minimum Gasteiger partial charge on any atom is -0.348 e. The van der Waals surface area contributed by atoms with Gasteiger partial charge in [0, 0.05) is 24.2 Å². The van der Waals surface area contributed by atoms with Gasteiger partial charge < -0.3 is 5.32 Å². The van der Waals surface area contributed by atoms with E-state index in [1.807, 2.05) is 30.3 Å². The van der Waals surface area contributed by atoms with Gasteiger partial charge in [0.2, 0.25) is 10.0 Å². The molecule has 0 aromatic heterocycles. The fraction of sp³-hybridized carbons (Fsp3) is 0.0952. The average molecular weight is 398 g/mol. The Morgan fingerprint density at radius 1 is 0.821 bits per heavy atom. The third-order valence-electron chi connectivity index (χ3n) is 4.13. The zero-order valence-corrected chi connectivity index (χ0v) is 15.7. The summed E-state index contributed by atoms with van der Waals surface area (Å²) < 4.78 is 40.9. The molecule has 0 heterocycles. The average Bonchev–Trinajstić information content (AvgIpc) is 2.72. The van der Waals surface area contributed by atoms with Gasteiger partial charge in [0.05, 0.1) is 4.90 Å². The van der Waals surface area contributed by atoms with Crippen LogP contribution in [0, 0.1) is 5.82 Å². The number of hydrogen-bond donors (Lipinski definition) is 2. The Kier molecular flexibility index (Phi) is 6.18. The lowest BCUT2D eigenvalue weighted by atomic mass is 10.2. The second kappa shape index (κ2) is 8.77. The van der Waals surface area contributed by atoms with Crippen LogP contribution in [-0.2, 0) is 23.1 Å². The lowest BCUT2D eigenvalue weighted by Gasteiger charge is -2.09. The third-order valence-corrected chi connectivity index (χ3v) is 5.55. The van der Waals surface area contributed by atoms with E-state index in [0.29, 0.717) is 11.1 Å². The third kappa shape index (κ3) is 5.03. The van der Waals surface area contributed by atoms with Crippen LogP contribution in [0.15, 0.2) is 83.8 Å². The van der Waals surface area contributed by atoms with E-state index >= 15 is 0 Å². The quantitative estimate of drug-likeness (QED) is 0.642. The van der Waals surface area contributed by atoms with Crippen LogP contribution in [0.2, 0.25) is 0 Å². The first-order valence-electron chi connectivity index (χ1n) is 8.61. The van der Waals surface area contributed by atoms with Gasteiger partial charge in [-0.25, -0.2) is 17.5 Å². The van der Waals surface area contributed by atoms with Crippen molar-refractivity contribution in [3.05, 3.63) is 101 Å². The van der Waals surface area contributed by atoms with E-state index in [-0.39, 0.29) is 18.0 Å². The van der Waals surface area contributed by atoms with E-state index in [1.165, 1.54) is 30.3 Å². The maximum atomic E-state index is 13.6. The van der Waals surface area contributed by atoms with Crippen molar-refractivity contribution in [1.82, 2.24) is 10.0 Å². The topological polar surface area (TPSA) is 75.3 Å². The number of amides is 1. The Labute approximate surface area is 163 Å². The summed E-state index contributed by atoms with van der Waals surface area (Å²) in [5.41, 5.74) is 1.51. The number of rotatable bonds is 7. The van der Waals surface area contributed by atoms with Crippen molar-refractivity contribution < 1.29 is 17.6 Å². The Morgan fingerprint density at radius 3 is 2.14 bits per heavy atom. The van der Waals surface area contributed by atoms with Gasteiger partial charge >= 0.3 is 0 Å². The molecule has 7 heteroatoms. The molecule has 0 fully saturated rings. The van der Waals surface area contributed by atoms with Crippen molar-refractivity contribution in [2.75, 3.05) is 0 Å². The molecule has 5 nitrogen and oxygen atoms in total. The summed E-state index contributed by atoms with van der Waals surface area (Å²) in [4.78, 5) is 12.3. The van der Waals surface area contributed by atoms with Gasteiger partial charge in [0.1, 0.15) is 5.82 Å². The molecule has 2 N–H and O–H groups in total. The predicted octanol–water partition coefficient (Wildman–Crippen LogP) is 3.23. The molecule has 0 saturated heterocycles. The van der Waals surface area contributed by atoms with Gasteiger partial charge in [-0.1, -0.05) is 48.5 Å². The molecular weight excluding hydrogens is 379 g/mol. The molecule has 0 unspecified atom stereocenters. The van der Waals surface area contributed by atoms with Crippen LogP contribution in [-0.4, -0.2) is 14.3 Å². The Hall–Kier alpha value is -3.03. The lowest BCUT2D eigenvalue weighted by molar-refractivity contribution is 0.0950. The largest absolute Gasteiger partial charge is 0.348 e. The molecule has 0 radical (unpaired) electrons. The van der Waals surface area contributed by atoms with E-state index < -0.39 is 21.7 Å². The molecule has 0 aliphatic carbocycles. The molecule has 0 bridgehead atoms. The Morgan fingerprint density at radius 2 is 1.46 bits per heavy atom. The van der Waals surface area contributed by atoms with Gasteiger partial charge in [-0.2, -0.15) is 0 Å². The zero-order chi connectivity index (χ0) is 20.0. The second-order valence-corrected chi connectivity index (χ2v) is 7.88. The summed E-state index contributed by atoms with van der Waals surface area (Å²) in [6.07, 6.45) is 0. The highest BCUT2D eigenvalue weighted by molar-refractivity contribution is 7.89. The Bertz CT molecular complexity index is 1050. The van der Waals surface area contributed by atoms with Crippen LogP contribution < -0.4 is 10.0 Å². The predicted molar refractivity (Wildman–Crippen MR) is 104 cm³/mol. The summed E-state index contributed by atoms with van der Waals surface area (Å²) in [7, 11) is -3.69. The molecule has 3 aromatic carbocycles. The summed E-state index contributed by atoms with van der Waals surface area (Å²) in [5, 5.41) is 2.62. The van der Waals surface area contributed by atoms with Gasteiger partial charge in [0.15, 0.2) is 0 Å². The molecule has 28 heavy (non-hydrogen) atoms. The van der Waals surface area contributed by atoms with Crippen LogP contribution in [0.4, 0.5) is 4.39 Å². The smallest absolute Gasteiger partial charge is 0.251 e. The van der Waals surface area contributed by atoms with Crippen LogP contribution in [0.3, 0.4) is 0 Å². The highest BCUT2D eigenvalue weighted by atomic mass is 32.2. The summed E-state index contributed by atoms with van der Waals surface area (Å²) >= 11 is 0. The molecule has 144 valence electrons. The normalized spacial score (nSPS) is 11.2. The van der Waals surface area contributed by atoms with Crippen molar-refractivity contribution >= 4 is 15.9 Å². The molecule has 0 aliphatic heterocycles. The number of nitrogens with one attached hydrogen (secondary N) is 2. The first-order chi connectivity index (χ1) is 13.5. The number of benzene rings is 3. The summed E-state index contributed by atoms with van der Waals surface area (Å²) in [6.45, 7) is 0.220. The van der Waals surface area contributed by atoms with Crippen molar-refractivity contribution in [1.29, 1.82) is 0 Å². The first kappa shape index (κ1) is 19.7. The van der Waals surface area contributed by atoms with E-state index in [4.69, 9.17) is 0 Å². The van der Waals surface area contributed by atoms with Crippen LogP contribution in [0.1, 0.15) is 21.5 Å². The molecular formula is C21H19FN2O3S. The highest BCUT2D eigenvalue weighted by Crippen LogP contribution is 2.12. The van der Waals surface area contributed by atoms with E-state index in [9.17, 15) is 17.6 Å². The first-order valence-corrected chi connectivity index (χ1v) is 10.1. The number of carbonyl (C=O) groups excluding carboxylic acids is 1. The molecule has 3 aromatic rings. The second-order valence-electron chi connectivity index (χ2n) is 6.11. The molecule has 3 rings (SSSR count). The number of hydrogen-bond acceptors (Lipinski definition) is 3. The minimum absolute atomic E-state index is 0.0458. The minimum atomic E-state index is -3.69. The SMILES string of the molecule is O=C(NCc1ccccc1F)c1ccc(S(=O)(=O)NCc2ccccc2)cc1. The van der Waals surface area contributed by atoms with Crippen LogP contribution in [0.25, 0.3) is 0 Å². The summed E-state index contributed by atoms with van der Waals surface area (Å²) in [6, 6.07) is 20.9. The highest BCUT2D eigenvalue weighted by Gasteiger charge is 2.15. The van der Waals surface area contributed by atoms with E-state index in [2.05, 4.69) is 10.0 Å². The maximum absolute atomic E-state index is 13.6. The maximum Gasteiger partial charge on any atom is 0.251 e. The monoisotopic (exact) mass is 398 g/mol. The van der Waals surface area contributed by atoms with E-state index in [1.54, 1.807) is 18.2 Å². The fourth-order valence-corrected chi connectivity index (χ4v) is 3.58. The molecule has 0 spiro atoms. The van der Waals surface area contributed by atoms with Gasteiger partial charge in [-0.3, -0.25) is 4.79 Å². The standard InChI is InChI=1S/C21H19FN2O3S/c22-20-9-5-4-8-18(20)15-23-21(25)17-10-12-19(13-11-17)28(26,27)24-14-16-6-2-1-3-7-16/h1-13,24H,14-15H2,(H,23,25). The molecule has 0 aliphatic rings. The van der Waals surface area contributed by atoms with Crippen molar-refractivity contribution in [3.8, 4) is 0 Å².